The summed E-state index contributed by atoms with van der Waals surface area (Å²) < 4.78 is 47.9. The highest BCUT2D eigenvalue weighted by atomic mass is 79.9. The second-order valence-corrected chi connectivity index (χ2v) is 5.15. The highest BCUT2D eigenvalue weighted by Gasteiger charge is 2.18. The normalized spacial score (nSPS) is 10.5. The second-order valence-electron chi connectivity index (χ2n) is 4.30. The minimum atomic E-state index is -3.07. The Morgan fingerprint density at radius 1 is 1.26 bits per heavy atom. The van der Waals surface area contributed by atoms with Gasteiger partial charge in [0.05, 0.1) is 22.8 Å². The largest absolute Gasteiger partial charge is 0.493 e. The first-order valence-electron chi connectivity index (χ1n) is 6.30. The maximum atomic E-state index is 13.5. The van der Waals surface area contributed by atoms with Crippen LogP contribution in [0.5, 0.6) is 11.5 Å². The van der Waals surface area contributed by atoms with Gasteiger partial charge in [0, 0.05) is 6.07 Å². The summed E-state index contributed by atoms with van der Waals surface area (Å²) in [5.41, 5.74) is -0.0635. The van der Waals surface area contributed by atoms with Gasteiger partial charge in [-0.2, -0.15) is 8.78 Å². The van der Waals surface area contributed by atoms with Gasteiger partial charge in [-0.15, -0.1) is 0 Å². The van der Waals surface area contributed by atoms with Crippen molar-refractivity contribution in [2.75, 3.05) is 12.4 Å². The van der Waals surface area contributed by atoms with Gasteiger partial charge in [0.25, 0.3) is 5.91 Å². The predicted molar refractivity (Wildman–Crippen MR) is 81.7 cm³/mol. The topological polar surface area (TPSA) is 47.6 Å². The molecule has 2 aromatic rings. The number of benzene rings is 2. The first-order chi connectivity index (χ1) is 10.9. The van der Waals surface area contributed by atoms with E-state index < -0.39 is 18.3 Å². The number of rotatable bonds is 5. The summed E-state index contributed by atoms with van der Waals surface area (Å²) in [6.07, 6.45) is 0. The lowest BCUT2D eigenvalue weighted by Gasteiger charge is -2.14. The number of carbonyl (C=O) groups is 1. The molecule has 0 atom stereocenters. The van der Waals surface area contributed by atoms with Gasteiger partial charge in [0.1, 0.15) is 11.6 Å². The maximum absolute atomic E-state index is 13.5. The highest BCUT2D eigenvalue weighted by molar-refractivity contribution is 9.10. The van der Waals surface area contributed by atoms with Gasteiger partial charge in [0.2, 0.25) is 0 Å². The fourth-order valence-corrected chi connectivity index (χ4v) is 2.50. The zero-order valence-corrected chi connectivity index (χ0v) is 13.4. The zero-order chi connectivity index (χ0) is 17.0. The van der Waals surface area contributed by atoms with Gasteiger partial charge in [0.15, 0.2) is 5.75 Å². The van der Waals surface area contributed by atoms with Gasteiger partial charge in [-0.3, -0.25) is 4.79 Å². The Labute approximate surface area is 138 Å². The van der Waals surface area contributed by atoms with Crippen LogP contribution in [-0.2, 0) is 0 Å². The molecule has 0 bridgehead atoms. The Hall–Kier alpha value is -2.22. The number of para-hydroxylation sites is 1. The van der Waals surface area contributed by atoms with Crippen LogP contribution in [0.1, 0.15) is 10.4 Å². The molecule has 0 heterocycles. The number of hydrogen-bond acceptors (Lipinski definition) is 3. The standard InChI is InChI=1S/C15H11BrF3NO3/c1-22-13-10(16)6-8(17)7-11(13)20-14(21)9-4-2-3-5-12(9)23-15(18)19/h2-7,15H,1H3,(H,20,21). The van der Waals surface area contributed by atoms with E-state index in [-0.39, 0.29) is 22.7 Å². The highest BCUT2D eigenvalue weighted by Crippen LogP contribution is 2.35. The third-order valence-corrected chi connectivity index (χ3v) is 3.40. The van der Waals surface area contributed by atoms with E-state index in [1.165, 1.54) is 37.4 Å². The molecular formula is C15H11BrF3NO3. The minimum Gasteiger partial charge on any atom is -0.493 e. The number of alkyl halides is 2. The Morgan fingerprint density at radius 2 is 1.96 bits per heavy atom. The Balaban J connectivity index is 2.34. The molecule has 0 saturated heterocycles. The van der Waals surface area contributed by atoms with Crippen molar-refractivity contribution in [3.05, 3.63) is 52.3 Å². The van der Waals surface area contributed by atoms with Crippen LogP contribution >= 0.6 is 15.9 Å². The predicted octanol–water partition coefficient (Wildman–Crippen LogP) is 4.45. The van der Waals surface area contributed by atoms with Crippen molar-refractivity contribution in [3.63, 3.8) is 0 Å². The lowest BCUT2D eigenvalue weighted by molar-refractivity contribution is -0.0501. The van der Waals surface area contributed by atoms with Crippen molar-refractivity contribution in [1.82, 2.24) is 0 Å². The lowest BCUT2D eigenvalue weighted by atomic mass is 10.1. The maximum Gasteiger partial charge on any atom is 0.387 e. The summed E-state index contributed by atoms with van der Waals surface area (Å²) in [6, 6.07) is 7.72. The van der Waals surface area contributed by atoms with Gasteiger partial charge < -0.3 is 14.8 Å². The van der Waals surface area contributed by atoms with Crippen LogP contribution in [0.3, 0.4) is 0 Å². The van der Waals surface area contributed by atoms with Crippen LogP contribution in [0.4, 0.5) is 18.9 Å². The average molecular weight is 390 g/mol. The van der Waals surface area contributed by atoms with E-state index in [0.717, 1.165) is 6.07 Å². The van der Waals surface area contributed by atoms with Gasteiger partial charge in [-0.1, -0.05) is 12.1 Å². The molecule has 1 N–H and O–H groups in total. The van der Waals surface area contributed by atoms with Crippen LogP contribution in [0.25, 0.3) is 0 Å². The quantitative estimate of drug-likeness (QED) is 0.821. The molecule has 4 nitrogen and oxygen atoms in total. The molecule has 0 aliphatic carbocycles. The van der Waals surface area contributed by atoms with Gasteiger partial charge >= 0.3 is 6.61 Å². The average Bonchev–Trinajstić information content (AvgIpc) is 2.46. The molecule has 0 saturated carbocycles. The van der Waals surface area contributed by atoms with E-state index in [4.69, 9.17) is 4.74 Å². The zero-order valence-electron chi connectivity index (χ0n) is 11.8. The number of hydrogen-bond donors (Lipinski definition) is 1. The minimum absolute atomic E-state index is 0.0521. The summed E-state index contributed by atoms with van der Waals surface area (Å²) in [5.74, 6) is -1.43. The molecular weight excluding hydrogens is 379 g/mol. The SMILES string of the molecule is COc1c(Br)cc(F)cc1NC(=O)c1ccccc1OC(F)F. The number of ether oxygens (including phenoxy) is 2. The van der Waals surface area contributed by atoms with E-state index in [9.17, 15) is 18.0 Å². The number of methoxy groups -OCH3 is 1. The smallest absolute Gasteiger partial charge is 0.387 e. The van der Waals surface area contributed by atoms with Gasteiger partial charge in [-0.05, 0) is 34.1 Å². The molecule has 8 heteroatoms. The molecule has 0 aromatic heterocycles. The van der Waals surface area contributed by atoms with E-state index in [1.54, 1.807) is 0 Å². The summed E-state index contributed by atoms with van der Waals surface area (Å²) >= 11 is 3.11. The molecule has 2 aromatic carbocycles. The van der Waals surface area contributed by atoms with E-state index in [2.05, 4.69) is 26.0 Å². The molecule has 0 aliphatic heterocycles. The number of amides is 1. The number of nitrogens with one attached hydrogen (secondary N) is 1. The summed E-state index contributed by atoms with van der Waals surface area (Å²) in [6.45, 7) is -3.07. The van der Waals surface area contributed by atoms with Crippen LogP contribution in [-0.4, -0.2) is 19.6 Å². The van der Waals surface area contributed by atoms with E-state index in [0.29, 0.717) is 4.47 Å². The van der Waals surface area contributed by atoms with E-state index in [1.807, 2.05) is 0 Å². The summed E-state index contributed by atoms with van der Waals surface area (Å²) in [7, 11) is 1.35. The van der Waals surface area contributed by atoms with Crippen molar-refractivity contribution in [3.8, 4) is 11.5 Å². The molecule has 23 heavy (non-hydrogen) atoms. The molecule has 0 radical (unpaired) electrons. The lowest BCUT2D eigenvalue weighted by Crippen LogP contribution is -2.15. The fraction of sp³-hybridized carbons (Fsp3) is 0.133. The summed E-state index contributed by atoms with van der Waals surface area (Å²) in [4.78, 5) is 12.3. The molecule has 0 unspecified atom stereocenters. The number of halogens is 4. The van der Waals surface area contributed by atoms with Gasteiger partial charge in [-0.25, -0.2) is 4.39 Å². The molecule has 0 spiro atoms. The fourth-order valence-electron chi connectivity index (χ4n) is 1.90. The Bertz CT molecular complexity index is 725. The second kappa shape index (κ2) is 7.36. The molecule has 0 aliphatic rings. The number of anilines is 1. The molecule has 1 amide bonds. The molecule has 122 valence electrons. The van der Waals surface area contributed by atoms with Crippen LogP contribution < -0.4 is 14.8 Å². The monoisotopic (exact) mass is 389 g/mol. The van der Waals surface area contributed by atoms with Crippen LogP contribution in [0.15, 0.2) is 40.9 Å². The van der Waals surface area contributed by atoms with Crippen molar-refractivity contribution >= 4 is 27.5 Å². The van der Waals surface area contributed by atoms with Crippen LogP contribution in [0, 0.1) is 5.82 Å². The summed E-state index contributed by atoms with van der Waals surface area (Å²) in [5, 5.41) is 2.41. The molecule has 0 fully saturated rings. The Morgan fingerprint density at radius 3 is 2.61 bits per heavy atom. The first kappa shape index (κ1) is 17.1. The van der Waals surface area contributed by atoms with Crippen molar-refractivity contribution < 1.29 is 27.4 Å². The first-order valence-corrected chi connectivity index (χ1v) is 7.10. The Kier molecular flexibility index (Phi) is 5.49. The molecule has 2 rings (SSSR count). The number of carbonyl (C=O) groups excluding carboxylic acids is 1. The van der Waals surface area contributed by atoms with Crippen molar-refractivity contribution in [2.24, 2.45) is 0 Å². The third kappa shape index (κ3) is 4.16. The third-order valence-electron chi connectivity index (χ3n) is 2.81. The van der Waals surface area contributed by atoms with Crippen LogP contribution in [0.2, 0.25) is 0 Å². The van der Waals surface area contributed by atoms with Crippen molar-refractivity contribution in [2.45, 2.75) is 6.61 Å². The van der Waals surface area contributed by atoms with Crippen molar-refractivity contribution in [1.29, 1.82) is 0 Å². The van der Waals surface area contributed by atoms with E-state index >= 15 is 0 Å².